The third kappa shape index (κ3) is 4.14. The lowest BCUT2D eigenvalue weighted by molar-refractivity contribution is -0.0341. The topological polar surface area (TPSA) is 50.3 Å². The number of morpholine rings is 1. The summed E-state index contributed by atoms with van der Waals surface area (Å²) in [5.74, 6) is 1.63. The van der Waals surface area contributed by atoms with Gasteiger partial charge in [0.05, 0.1) is 11.1 Å². The fourth-order valence-electron chi connectivity index (χ4n) is 2.28. The number of anilines is 1. The maximum Gasteiger partial charge on any atom is 0.160 e. The van der Waals surface area contributed by atoms with Gasteiger partial charge in [-0.3, -0.25) is 4.90 Å². The predicted molar refractivity (Wildman–Crippen MR) is 83.9 cm³/mol. The molecule has 6 heteroatoms. The van der Waals surface area contributed by atoms with Crippen molar-refractivity contribution in [3.63, 3.8) is 0 Å². The Balaban J connectivity index is 2.07. The molecule has 1 aliphatic heterocycles. The van der Waals surface area contributed by atoms with E-state index >= 15 is 0 Å². The van der Waals surface area contributed by atoms with Crippen LogP contribution in [0.25, 0.3) is 0 Å². The van der Waals surface area contributed by atoms with Gasteiger partial charge >= 0.3 is 0 Å². The van der Waals surface area contributed by atoms with Crippen molar-refractivity contribution >= 4 is 21.7 Å². The van der Waals surface area contributed by atoms with Crippen LogP contribution >= 0.6 is 15.9 Å². The van der Waals surface area contributed by atoms with Crippen LogP contribution in [0.4, 0.5) is 5.82 Å². The van der Waals surface area contributed by atoms with Crippen molar-refractivity contribution in [3.8, 4) is 0 Å². The van der Waals surface area contributed by atoms with E-state index in [1.165, 1.54) is 0 Å². The largest absolute Gasteiger partial charge is 0.369 e. The van der Waals surface area contributed by atoms with E-state index in [4.69, 9.17) is 4.74 Å². The third-order valence-electron chi connectivity index (χ3n) is 3.28. The van der Waals surface area contributed by atoms with E-state index in [0.29, 0.717) is 0 Å². The van der Waals surface area contributed by atoms with Crippen LogP contribution in [0, 0.1) is 0 Å². The van der Waals surface area contributed by atoms with Crippen molar-refractivity contribution in [1.82, 2.24) is 14.9 Å². The minimum atomic E-state index is -0.0226. The molecule has 1 unspecified atom stereocenters. The zero-order valence-electron chi connectivity index (χ0n) is 12.2. The molecule has 0 radical (unpaired) electrons. The van der Waals surface area contributed by atoms with Gasteiger partial charge in [-0.1, -0.05) is 13.8 Å². The van der Waals surface area contributed by atoms with E-state index in [1.54, 1.807) is 0 Å². The van der Waals surface area contributed by atoms with Gasteiger partial charge in [0.25, 0.3) is 0 Å². The lowest BCUT2D eigenvalue weighted by Gasteiger charge is -2.31. The smallest absolute Gasteiger partial charge is 0.160 e. The second kappa shape index (κ2) is 7.90. The molecule has 0 saturated carbocycles. The number of nitrogens with zero attached hydrogens (tertiary/aromatic N) is 3. The first-order valence-corrected chi connectivity index (χ1v) is 8.14. The van der Waals surface area contributed by atoms with Crippen LogP contribution in [0.1, 0.15) is 38.6 Å². The number of halogens is 1. The summed E-state index contributed by atoms with van der Waals surface area (Å²) in [5, 5.41) is 3.31. The summed E-state index contributed by atoms with van der Waals surface area (Å²) in [6.45, 7) is 8.98. The van der Waals surface area contributed by atoms with Gasteiger partial charge in [0, 0.05) is 25.8 Å². The molecule has 2 rings (SSSR count). The van der Waals surface area contributed by atoms with Gasteiger partial charge in [-0.15, -0.1) is 0 Å². The Morgan fingerprint density at radius 3 is 3.05 bits per heavy atom. The van der Waals surface area contributed by atoms with Crippen LogP contribution in [0.3, 0.4) is 0 Å². The van der Waals surface area contributed by atoms with Crippen LogP contribution < -0.4 is 5.32 Å². The van der Waals surface area contributed by atoms with Crippen molar-refractivity contribution in [2.45, 2.75) is 32.8 Å². The SMILES string of the molecule is CCCNc1nc(C2CN(CCC)CCO2)ncc1Br. The van der Waals surface area contributed by atoms with Crippen LogP contribution in [0.2, 0.25) is 0 Å². The van der Waals surface area contributed by atoms with Crippen LogP contribution in [-0.2, 0) is 4.74 Å². The molecule has 1 N–H and O–H groups in total. The summed E-state index contributed by atoms with van der Waals surface area (Å²) in [4.78, 5) is 11.4. The van der Waals surface area contributed by atoms with Gasteiger partial charge in [-0.05, 0) is 35.3 Å². The molecule has 0 bridgehead atoms. The zero-order chi connectivity index (χ0) is 14.4. The van der Waals surface area contributed by atoms with Gasteiger partial charge < -0.3 is 10.1 Å². The van der Waals surface area contributed by atoms with Gasteiger partial charge in [-0.25, -0.2) is 9.97 Å². The highest BCUT2D eigenvalue weighted by molar-refractivity contribution is 9.10. The molecule has 0 aromatic carbocycles. The first-order chi connectivity index (χ1) is 9.74. The highest BCUT2D eigenvalue weighted by Gasteiger charge is 2.24. The van der Waals surface area contributed by atoms with Crippen molar-refractivity contribution in [2.24, 2.45) is 0 Å². The quantitative estimate of drug-likeness (QED) is 0.861. The van der Waals surface area contributed by atoms with E-state index in [9.17, 15) is 0 Å². The monoisotopic (exact) mass is 342 g/mol. The second-order valence-electron chi connectivity index (χ2n) is 5.01. The Morgan fingerprint density at radius 1 is 1.45 bits per heavy atom. The summed E-state index contributed by atoms with van der Waals surface area (Å²) in [6.07, 6.45) is 4.01. The van der Waals surface area contributed by atoms with E-state index in [-0.39, 0.29) is 6.10 Å². The molecule has 2 heterocycles. The van der Waals surface area contributed by atoms with Gasteiger partial charge in [0.15, 0.2) is 5.82 Å². The summed E-state index contributed by atoms with van der Waals surface area (Å²) in [6, 6.07) is 0. The van der Waals surface area contributed by atoms with Crippen LogP contribution in [0.15, 0.2) is 10.7 Å². The molecule has 1 aliphatic rings. The summed E-state index contributed by atoms with van der Waals surface area (Å²) < 4.78 is 6.73. The summed E-state index contributed by atoms with van der Waals surface area (Å²) in [7, 11) is 0. The first kappa shape index (κ1) is 15.7. The van der Waals surface area contributed by atoms with Crippen molar-refractivity contribution in [3.05, 3.63) is 16.5 Å². The molecule has 1 aromatic heterocycles. The number of hydrogen-bond donors (Lipinski definition) is 1. The number of ether oxygens (including phenoxy) is 1. The van der Waals surface area contributed by atoms with Crippen LogP contribution in [0.5, 0.6) is 0 Å². The van der Waals surface area contributed by atoms with E-state index < -0.39 is 0 Å². The molecule has 0 spiro atoms. The molecule has 112 valence electrons. The molecule has 0 aliphatic carbocycles. The van der Waals surface area contributed by atoms with Crippen molar-refractivity contribution < 1.29 is 4.74 Å². The Kier molecular flexibility index (Phi) is 6.19. The Hall–Kier alpha value is -0.720. The lowest BCUT2D eigenvalue weighted by Crippen LogP contribution is -2.39. The Labute approximate surface area is 129 Å². The molecule has 1 fully saturated rings. The van der Waals surface area contributed by atoms with E-state index in [0.717, 1.165) is 61.7 Å². The van der Waals surface area contributed by atoms with Crippen LogP contribution in [-0.4, -0.2) is 47.7 Å². The highest BCUT2D eigenvalue weighted by Crippen LogP contribution is 2.24. The standard InChI is InChI=1S/C14H23BrN4O/c1-3-5-16-13-11(15)9-17-14(18-13)12-10-19(6-4-2)7-8-20-12/h9,12H,3-8,10H2,1-2H3,(H,16,17,18). The Bertz CT molecular complexity index is 428. The van der Waals surface area contributed by atoms with Gasteiger partial charge in [-0.2, -0.15) is 0 Å². The third-order valence-corrected chi connectivity index (χ3v) is 3.86. The minimum Gasteiger partial charge on any atom is -0.369 e. The summed E-state index contributed by atoms with van der Waals surface area (Å²) in [5.41, 5.74) is 0. The van der Waals surface area contributed by atoms with Gasteiger partial charge in [0.2, 0.25) is 0 Å². The predicted octanol–water partition coefficient (Wildman–Crippen LogP) is 2.84. The molecule has 20 heavy (non-hydrogen) atoms. The fraction of sp³-hybridized carbons (Fsp3) is 0.714. The highest BCUT2D eigenvalue weighted by atomic mass is 79.9. The molecule has 1 aromatic rings. The second-order valence-corrected chi connectivity index (χ2v) is 5.87. The minimum absolute atomic E-state index is 0.0226. The Morgan fingerprint density at radius 2 is 2.30 bits per heavy atom. The first-order valence-electron chi connectivity index (χ1n) is 7.34. The van der Waals surface area contributed by atoms with Crippen molar-refractivity contribution in [1.29, 1.82) is 0 Å². The lowest BCUT2D eigenvalue weighted by atomic mass is 10.2. The molecule has 1 saturated heterocycles. The maximum absolute atomic E-state index is 5.83. The molecule has 5 nitrogen and oxygen atoms in total. The fourth-order valence-corrected chi connectivity index (χ4v) is 2.61. The molecule has 0 amide bonds. The zero-order valence-corrected chi connectivity index (χ0v) is 13.8. The molecular formula is C14H23BrN4O. The molecule has 1 atom stereocenters. The number of rotatable bonds is 6. The number of hydrogen-bond acceptors (Lipinski definition) is 5. The average molecular weight is 343 g/mol. The van der Waals surface area contributed by atoms with E-state index in [2.05, 4.69) is 50.0 Å². The normalized spacial score (nSPS) is 20.1. The maximum atomic E-state index is 5.83. The summed E-state index contributed by atoms with van der Waals surface area (Å²) >= 11 is 3.48. The number of aromatic nitrogens is 2. The molecular weight excluding hydrogens is 320 g/mol. The van der Waals surface area contributed by atoms with Crippen molar-refractivity contribution in [2.75, 3.05) is 38.1 Å². The average Bonchev–Trinajstić information content (AvgIpc) is 2.47. The number of nitrogens with one attached hydrogen (secondary N) is 1. The van der Waals surface area contributed by atoms with E-state index in [1.807, 2.05) is 6.20 Å². The van der Waals surface area contributed by atoms with Gasteiger partial charge in [0.1, 0.15) is 11.9 Å².